The number of carbonyl (C=O) groups is 1. The van der Waals surface area contributed by atoms with Crippen LogP contribution < -0.4 is 4.74 Å². The summed E-state index contributed by atoms with van der Waals surface area (Å²) in [5.41, 5.74) is 0. The molecular formula is C13H19NO3. The number of para-hydroxylation sites is 1. The number of hydrogen-bond acceptors (Lipinski definition) is 3. The second-order valence-electron chi connectivity index (χ2n) is 4.02. The van der Waals surface area contributed by atoms with E-state index in [1.54, 1.807) is 19.2 Å². The van der Waals surface area contributed by atoms with E-state index in [0.29, 0.717) is 18.9 Å². The van der Waals surface area contributed by atoms with Gasteiger partial charge in [0.1, 0.15) is 5.75 Å². The Morgan fingerprint density at radius 1 is 1.29 bits per heavy atom. The molecule has 0 aromatic heterocycles. The van der Waals surface area contributed by atoms with Crippen LogP contribution in [0.3, 0.4) is 0 Å². The Balaban J connectivity index is 2.32. The second kappa shape index (κ2) is 6.91. The molecule has 4 nitrogen and oxygen atoms in total. The molecule has 0 fully saturated rings. The molecule has 94 valence electrons. The molecule has 0 heterocycles. The lowest BCUT2D eigenvalue weighted by Gasteiger charge is -2.17. The molecule has 0 unspecified atom stereocenters. The first-order chi connectivity index (χ1) is 8.09. The second-order valence-corrected chi connectivity index (χ2v) is 4.02. The highest BCUT2D eigenvalue weighted by atomic mass is 16.6. The van der Waals surface area contributed by atoms with Crippen molar-refractivity contribution in [2.75, 3.05) is 20.2 Å². The minimum Gasteiger partial charge on any atom is -0.410 e. The van der Waals surface area contributed by atoms with E-state index in [0.717, 1.165) is 0 Å². The molecule has 1 aromatic rings. The van der Waals surface area contributed by atoms with E-state index in [-0.39, 0.29) is 12.2 Å². The van der Waals surface area contributed by atoms with Crippen molar-refractivity contribution < 1.29 is 14.3 Å². The summed E-state index contributed by atoms with van der Waals surface area (Å²) in [5.74, 6) is 0.550. The summed E-state index contributed by atoms with van der Waals surface area (Å²) >= 11 is 0. The van der Waals surface area contributed by atoms with Crippen LogP contribution in [0.1, 0.15) is 13.8 Å². The molecule has 0 saturated carbocycles. The summed E-state index contributed by atoms with van der Waals surface area (Å²) in [6, 6.07) is 9.01. The van der Waals surface area contributed by atoms with Gasteiger partial charge in [0.25, 0.3) is 0 Å². The standard InChI is InChI=1S/C13H19NO3/c1-11(2)16-10-9-14(3)13(15)17-12-7-5-4-6-8-12/h4-8,11H,9-10H2,1-3H3. The number of ether oxygens (including phenoxy) is 2. The van der Waals surface area contributed by atoms with Crippen LogP contribution in [0.4, 0.5) is 4.79 Å². The SMILES string of the molecule is CC(C)OCCN(C)C(=O)Oc1ccccc1. The van der Waals surface area contributed by atoms with Crippen molar-refractivity contribution in [1.82, 2.24) is 4.90 Å². The largest absolute Gasteiger partial charge is 0.415 e. The molecule has 17 heavy (non-hydrogen) atoms. The van der Waals surface area contributed by atoms with Gasteiger partial charge in [-0.3, -0.25) is 0 Å². The smallest absolute Gasteiger partial charge is 0.410 e. The van der Waals surface area contributed by atoms with Crippen molar-refractivity contribution in [3.63, 3.8) is 0 Å². The number of hydrogen-bond donors (Lipinski definition) is 0. The van der Waals surface area contributed by atoms with Crippen LogP contribution in [-0.2, 0) is 4.74 Å². The van der Waals surface area contributed by atoms with E-state index < -0.39 is 0 Å². The Morgan fingerprint density at radius 2 is 1.94 bits per heavy atom. The summed E-state index contributed by atoms with van der Waals surface area (Å²) in [4.78, 5) is 13.1. The first-order valence-electron chi connectivity index (χ1n) is 5.69. The third-order valence-corrected chi connectivity index (χ3v) is 2.14. The van der Waals surface area contributed by atoms with Crippen LogP contribution >= 0.6 is 0 Å². The molecule has 1 amide bonds. The average molecular weight is 237 g/mol. The molecule has 0 aliphatic carbocycles. The number of likely N-dealkylation sites (N-methyl/N-ethyl adjacent to an activating group) is 1. The molecular weight excluding hydrogens is 218 g/mol. The molecule has 0 spiro atoms. The normalized spacial score (nSPS) is 10.4. The van der Waals surface area contributed by atoms with Crippen LogP contribution in [0.5, 0.6) is 5.75 Å². The van der Waals surface area contributed by atoms with Gasteiger partial charge in [0.05, 0.1) is 12.7 Å². The van der Waals surface area contributed by atoms with Gasteiger partial charge in [0, 0.05) is 13.6 Å². The predicted octanol–water partition coefficient (Wildman–Crippen LogP) is 2.54. The topological polar surface area (TPSA) is 38.8 Å². The van der Waals surface area contributed by atoms with Crippen LogP contribution in [0.2, 0.25) is 0 Å². The van der Waals surface area contributed by atoms with Gasteiger partial charge in [0.15, 0.2) is 0 Å². The van der Waals surface area contributed by atoms with Gasteiger partial charge in [-0.1, -0.05) is 18.2 Å². The molecule has 0 radical (unpaired) electrons. The van der Waals surface area contributed by atoms with Crippen molar-refractivity contribution in [2.24, 2.45) is 0 Å². The Morgan fingerprint density at radius 3 is 2.53 bits per heavy atom. The van der Waals surface area contributed by atoms with Crippen molar-refractivity contribution in [2.45, 2.75) is 20.0 Å². The zero-order chi connectivity index (χ0) is 12.7. The first kappa shape index (κ1) is 13.5. The Hall–Kier alpha value is -1.55. The molecule has 0 bridgehead atoms. The number of nitrogens with zero attached hydrogens (tertiary/aromatic N) is 1. The van der Waals surface area contributed by atoms with Crippen LogP contribution in [0, 0.1) is 0 Å². The van der Waals surface area contributed by atoms with Crippen molar-refractivity contribution in [3.8, 4) is 5.75 Å². The van der Waals surface area contributed by atoms with Gasteiger partial charge < -0.3 is 14.4 Å². The highest BCUT2D eigenvalue weighted by Gasteiger charge is 2.10. The number of amides is 1. The van der Waals surface area contributed by atoms with E-state index >= 15 is 0 Å². The summed E-state index contributed by atoms with van der Waals surface area (Å²) in [7, 11) is 1.69. The van der Waals surface area contributed by atoms with Crippen molar-refractivity contribution in [1.29, 1.82) is 0 Å². The fourth-order valence-electron chi connectivity index (χ4n) is 1.18. The van der Waals surface area contributed by atoms with Gasteiger partial charge in [-0.05, 0) is 26.0 Å². The van der Waals surface area contributed by atoms with Crippen molar-refractivity contribution >= 4 is 6.09 Å². The number of rotatable bonds is 5. The Kier molecular flexibility index (Phi) is 5.49. The number of benzene rings is 1. The zero-order valence-corrected chi connectivity index (χ0v) is 10.6. The van der Waals surface area contributed by atoms with E-state index in [1.165, 1.54) is 4.90 Å². The van der Waals surface area contributed by atoms with Gasteiger partial charge in [0.2, 0.25) is 0 Å². The van der Waals surface area contributed by atoms with Crippen LogP contribution in [-0.4, -0.2) is 37.3 Å². The molecule has 0 saturated heterocycles. The van der Waals surface area contributed by atoms with E-state index in [4.69, 9.17) is 9.47 Å². The van der Waals surface area contributed by atoms with Gasteiger partial charge in [-0.15, -0.1) is 0 Å². The predicted molar refractivity (Wildman–Crippen MR) is 66.2 cm³/mol. The van der Waals surface area contributed by atoms with E-state index in [1.807, 2.05) is 32.0 Å². The molecule has 1 aromatic carbocycles. The molecule has 0 aliphatic rings. The maximum Gasteiger partial charge on any atom is 0.415 e. The lowest BCUT2D eigenvalue weighted by Crippen LogP contribution is -2.33. The van der Waals surface area contributed by atoms with Gasteiger partial charge in [-0.25, -0.2) is 4.79 Å². The fourth-order valence-corrected chi connectivity index (χ4v) is 1.18. The highest BCUT2D eigenvalue weighted by Crippen LogP contribution is 2.09. The number of carbonyl (C=O) groups excluding carboxylic acids is 1. The maximum absolute atomic E-state index is 11.6. The average Bonchev–Trinajstić information content (AvgIpc) is 2.29. The maximum atomic E-state index is 11.6. The Bertz CT molecular complexity index is 338. The van der Waals surface area contributed by atoms with E-state index in [9.17, 15) is 4.79 Å². The zero-order valence-electron chi connectivity index (χ0n) is 10.6. The molecule has 1 rings (SSSR count). The summed E-state index contributed by atoms with van der Waals surface area (Å²) in [6.45, 7) is 4.95. The summed E-state index contributed by atoms with van der Waals surface area (Å²) < 4.78 is 10.5. The molecule has 0 aliphatic heterocycles. The van der Waals surface area contributed by atoms with Crippen LogP contribution in [0.15, 0.2) is 30.3 Å². The van der Waals surface area contributed by atoms with E-state index in [2.05, 4.69) is 0 Å². The van der Waals surface area contributed by atoms with Gasteiger partial charge >= 0.3 is 6.09 Å². The molecule has 0 atom stereocenters. The monoisotopic (exact) mass is 237 g/mol. The third-order valence-electron chi connectivity index (χ3n) is 2.14. The van der Waals surface area contributed by atoms with Crippen molar-refractivity contribution in [3.05, 3.63) is 30.3 Å². The quantitative estimate of drug-likeness (QED) is 0.790. The lowest BCUT2D eigenvalue weighted by atomic mass is 10.3. The highest BCUT2D eigenvalue weighted by molar-refractivity contribution is 5.70. The summed E-state index contributed by atoms with van der Waals surface area (Å²) in [5, 5.41) is 0. The Labute approximate surface area is 102 Å². The molecule has 0 N–H and O–H groups in total. The third kappa shape index (κ3) is 5.36. The van der Waals surface area contributed by atoms with Gasteiger partial charge in [-0.2, -0.15) is 0 Å². The fraction of sp³-hybridized carbons (Fsp3) is 0.462. The summed E-state index contributed by atoms with van der Waals surface area (Å²) in [6.07, 6.45) is -0.197. The molecule has 4 heteroatoms. The van der Waals surface area contributed by atoms with Crippen LogP contribution in [0.25, 0.3) is 0 Å². The first-order valence-corrected chi connectivity index (χ1v) is 5.69. The lowest BCUT2D eigenvalue weighted by molar-refractivity contribution is 0.0636. The minimum atomic E-state index is -0.372. The minimum absolute atomic E-state index is 0.175.